The van der Waals surface area contributed by atoms with Gasteiger partial charge in [-0.1, -0.05) is 12.1 Å². The van der Waals surface area contributed by atoms with Crippen LogP contribution in [0.2, 0.25) is 0 Å². The second-order valence-electron chi connectivity index (χ2n) is 7.26. The van der Waals surface area contributed by atoms with Crippen molar-refractivity contribution in [3.63, 3.8) is 0 Å². The SMILES string of the molecule is CN(C1CC1)S(=O)(=O)c1ccc(C(=O)Nc2nc(-c3nc4ccccc4s3)cs2)cc1. The number of sulfonamides is 1. The van der Waals surface area contributed by atoms with E-state index in [-0.39, 0.29) is 16.8 Å². The number of benzene rings is 2. The molecule has 2 heterocycles. The van der Waals surface area contributed by atoms with E-state index < -0.39 is 10.0 Å². The molecule has 0 saturated heterocycles. The Balaban J connectivity index is 1.30. The molecule has 1 N–H and O–H groups in total. The average Bonchev–Trinajstić information content (AvgIpc) is 3.36. The van der Waals surface area contributed by atoms with Crippen LogP contribution in [-0.4, -0.2) is 41.7 Å². The zero-order chi connectivity index (χ0) is 21.6. The summed E-state index contributed by atoms with van der Waals surface area (Å²) >= 11 is 2.87. The number of carbonyl (C=O) groups is 1. The quantitative estimate of drug-likeness (QED) is 0.449. The summed E-state index contributed by atoms with van der Waals surface area (Å²) in [7, 11) is -1.93. The van der Waals surface area contributed by atoms with Crippen LogP contribution in [0.4, 0.5) is 5.13 Å². The van der Waals surface area contributed by atoms with Crippen molar-refractivity contribution in [3.05, 3.63) is 59.5 Å². The van der Waals surface area contributed by atoms with E-state index in [1.165, 1.54) is 39.9 Å². The van der Waals surface area contributed by atoms with Gasteiger partial charge in [-0.15, -0.1) is 22.7 Å². The zero-order valence-electron chi connectivity index (χ0n) is 16.5. The highest BCUT2D eigenvalue weighted by Gasteiger charge is 2.35. The van der Waals surface area contributed by atoms with E-state index in [9.17, 15) is 13.2 Å². The molecule has 0 atom stereocenters. The zero-order valence-corrected chi connectivity index (χ0v) is 18.9. The van der Waals surface area contributed by atoms with E-state index in [4.69, 9.17) is 0 Å². The van der Waals surface area contributed by atoms with Gasteiger partial charge in [-0.2, -0.15) is 4.31 Å². The molecule has 4 aromatic rings. The highest BCUT2D eigenvalue weighted by Crippen LogP contribution is 2.32. The van der Waals surface area contributed by atoms with Crippen molar-refractivity contribution < 1.29 is 13.2 Å². The third kappa shape index (κ3) is 3.99. The van der Waals surface area contributed by atoms with Crippen LogP contribution < -0.4 is 5.32 Å². The van der Waals surface area contributed by atoms with E-state index in [1.54, 1.807) is 18.4 Å². The van der Waals surface area contributed by atoms with Gasteiger partial charge in [-0.25, -0.2) is 18.4 Å². The number of hydrogen-bond donors (Lipinski definition) is 1. The Bertz CT molecular complexity index is 1340. The van der Waals surface area contributed by atoms with E-state index >= 15 is 0 Å². The second-order valence-corrected chi connectivity index (χ2v) is 11.1. The molecule has 0 spiro atoms. The summed E-state index contributed by atoms with van der Waals surface area (Å²) in [4.78, 5) is 21.8. The van der Waals surface area contributed by atoms with Crippen LogP contribution in [0, 0.1) is 0 Å². The third-order valence-corrected chi connectivity index (χ3v) is 8.83. The molecule has 1 saturated carbocycles. The molecule has 2 aromatic carbocycles. The van der Waals surface area contributed by atoms with Crippen LogP contribution in [0.15, 0.2) is 58.8 Å². The summed E-state index contributed by atoms with van der Waals surface area (Å²) in [5, 5.41) is 5.90. The lowest BCUT2D eigenvalue weighted by Gasteiger charge is -2.16. The summed E-state index contributed by atoms with van der Waals surface area (Å²) in [6, 6.07) is 13.9. The lowest BCUT2D eigenvalue weighted by atomic mass is 10.2. The molecule has 1 amide bonds. The van der Waals surface area contributed by atoms with Crippen LogP contribution >= 0.6 is 22.7 Å². The van der Waals surface area contributed by atoms with Crippen LogP contribution in [0.3, 0.4) is 0 Å². The first-order chi connectivity index (χ1) is 14.9. The fraction of sp³-hybridized carbons (Fsp3) is 0.190. The maximum absolute atomic E-state index is 12.6. The normalized spacial score (nSPS) is 14.3. The largest absolute Gasteiger partial charge is 0.298 e. The highest BCUT2D eigenvalue weighted by molar-refractivity contribution is 7.89. The molecule has 10 heteroatoms. The van der Waals surface area contributed by atoms with Gasteiger partial charge in [0.15, 0.2) is 5.13 Å². The first-order valence-electron chi connectivity index (χ1n) is 9.63. The van der Waals surface area contributed by atoms with Gasteiger partial charge in [-0.05, 0) is 49.2 Å². The maximum Gasteiger partial charge on any atom is 0.257 e. The van der Waals surface area contributed by atoms with Crippen molar-refractivity contribution in [1.82, 2.24) is 14.3 Å². The monoisotopic (exact) mass is 470 g/mol. The number of thiazole rings is 2. The Morgan fingerprint density at radius 1 is 1.10 bits per heavy atom. The summed E-state index contributed by atoms with van der Waals surface area (Å²) < 4.78 is 27.7. The number of amides is 1. The summed E-state index contributed by atoms with van der Waals surface area (Å²) in [6.45, 7) is 0. The molecule has 0 unspecified atom stereocenters. The van der Waals surface area contributed by atoms with Crippen molar-refractivity contribution in [3.8, 4) is 10.7 Å². The van der Waals surface area contributed by atoms with Gasteiger partial charge in [0.2, 0.25) is 10.0 Å². The van der Waals surface area contributed by atoms with Gasteiger partial charge in [0.25, 0.3) is 5.91 Å². The van der Waals surface area contributed by atoms with Gasteiger partial charge >= 0.3 is 0 Å². The molecule has 0 radical (unpaired) electrons. The molecule has 0 bridgehead atoms. The molecule has 158 valence electrons. The molecule has 2 aromatic heterocycles. The van der Waals surface area contributed by atoms with Crippen molar-refractivity contribution >= 4 is 54.0 Å². The van der Waals surface area contributed by atoms with E-state index in [0.717, 1.165) is 28.1 Å². The molecule has 5 rings (SSSR count). The fourth-order valence-corrected chi connectivity index (χ4v) is 6.27. The number of aromatic nitrogens is 2. The van der Waals surface area contributed by atoms with E-state index in [1.807, 2.05) is 29.6 Å². The van der Waals surface area contributed by atoms with Gasteiger partial charge in [-0.3, -0.25) is 10.1 Å². The number of para-hydroxylation sites is 1. The predicted octanol–water partition coefficient (Wildman–Crippen LogP) is 4.46. The van der Waals surface area contributed by atoms with E-state index in [2.05, 4.69) is 15.3 Å². The molecule has 1 aliphatic rings. The molecule has 7 nitrogen and oxygen atoms in total. The molecular formula is C21H18N4O3S3. The fourth-order valence-electron chi connectivity index (χ4n) is 3.16. The lowest BCUT2D eigenvalue weighted by Crippen LogP contribution is -2.29. The topological polar surface area (TPSA) is 92.3 Å². The Kier molecular flexibility index (Phi) is 5.09. The standard InChI is InChI=1S/C21H18N4O3S3/c1-25(14-8-9-14)31(27,28)15-10-6-13(7-11-15)19(26)24-21-23-17(12-29-21)20-22-16-4-2-3-5-18(16)30-20/h2-7,10-12,14H,8-9H2,1H3,(H,23,24,26). The van der Waals surface area contributed by atoms with Crippen LogP contribution in [-0.2, 0) is 10.0 Å². The maximum atomic E-state index is 12.6. The smallest absolute Gasteiger partial charge is 0.257 e. The van der Waals surface area contributed by atoms with Crippen molar-refractivity contribution in [2.24, 2.45) is 0 Å². The number of carbonyl (C=O) groups excluding carboxylic acids is 1. The summed E-state index contributed by atoms with van der Waals surface area (Å²) in [5.41, 5.74) is 2.00. The number of anilines is 1. The third-order valence-electron chi connectivity index (χ3n) is 5.09. The Morgan fingerprint density at radius 2 is 1.84 bits per heavy atom. The number of nitrogens with zero attached hydrogens (tertiary/aromatic N) is 3. The van der Waals surface area contributed by atoms with Gasteiger partial charge in [0, 0.05) is 24.0 Å². The lowest BCUT2D eigenvalue weighted by molar-refractivity contribution is 0.102. The highest BCUT2D eigenvalue weighted by atomic mass is 32.2. The van der Waals surface area contributed by atoms with Crippen LogP contribution in [0.5, 0.6) is 0 Å². The van der Waals surface area contributed by atoms with Crippen molar-refractivity contribution in [2.45, 2.75) is 23.8 Å². The molecule has 1 fully saturated rings. The minimum Gasteiger partial charge on any atom is -0.298 e. The Labute approximate surface area is 187 Å². The molecule has 0 aliphatic heterocycles. The average molecular weight is 471 g/mol. The molecule has 31 heavy (non-hydrogen) atoms. The molecule has 1 aliphatic carbocycles. The first-order valence-corrected chi connectivity index (χ1v) is 12.8. The molecular weight excluding hydrogens is 452 g/mol. The summed E-state index contributed by atoms with van der Waals surface area (Å²) in [5.74, 6) is -0.343. The van der Waals surface area contributed by atoms with Crippen LogP contribution in [0.1, 0.15) is 23.2 Å². The second kappa shape index (κ2) is 7.79. The number of rotatable bonds is 6. The van der Waals surface area contributed by atoms with Gasteiger partial charge < -0.3 is 0 Å². The minimum atomic E-state index is -3.53. The number of fused-ring (bicyclic) bond motifs is 1. The number of nitrogens with one attached hydrogen (secondary N) is 1. The Hall–Kier alpha value is -2.66. The van der Waals surface area contributed by atoms with Gasteiger partial charge in [0.05, 0.1) is 15.1 Å². The van der Waals surface area contributed by atoms with Gasteiger partial charge in [0.1, 0.15) is 10.7 Å². The van der Waals surface area contributed by atoms with Crippen molar-refractivity contribution in [2.75, 3.05) is 12.4 Å². The van der Waals surface area contributed by atoms with E-state index in [0.29, 0.717) is 16.4 Å². The van der Waals surface area contributed by atoms with Crippen LogP contribution in [0.25, 0.3) is 20.9 Å². The van der Waals surface area contributed by atoms with Crippen molar-refractivity contribution in [1.29, 1.82) is 0 Å². The number of hydrogen-bond acceptors (Lipinski definition) is 7. The summed E-state index contributed by atoms with van der Waals surface area (Å²) in [6.07, 6.45) is 1.78. The Morgan fingerprint density at radius 3 is 2.55 bits per heavy atom. The minimum absolute atomic E-state index is 0.0856. The predicted molar refractivity (Wildman–Crippen MR) is 123 cm³/mol. The first kappa shape index (κ1) is 20.3.